The lowest BCUT2D eigenvalue weighted by Gasteiger charge is -2.16. The van der Waals surface area contributed by atoms with Crippen LogP contribution in [-0.4, -0.2) is 12.6 Å². The molecular weight excluding hydrogens is 521 g/mol. The molecule has 0 atom stereocenters. The first-order chi connectivity index (χ1) is 19.1. The maximum atomic E-state index is 13.4. The Labute approximate surface area is 231 Å². The Hall–Kier alpha value is -4.46. The molecule has 0 fully saturated rings. The molecule has 0 aliphatic carbocycles. The van der Waals surface area contributed by atoms with E-state index in [9.17, 15) is 18.0 Å². The molecule has 4 aromatic carbocycles. The highest BCUT2D eigenvalue weighted by molar-refractivity contribution is 5.69. The van der Waals surface area contributed by atoms with Gasteiger partial charge in [0.1, 0.15) is 23.0 Å². The van der Waals surface area contributed by atoms with Gasteiger partial charge >= 0.3 is 12.1 Å². The number of rotatable bonds is 10. The summed E-state index contributed by atoms with van der Waals surface area (Å²) < 4.78 is 63.1. The summed E-state index contributed by atoms with van der Waals surface area (Å²) in [4.78, 5) is 11.7. The summed E-state index contributed by atoms with van der Waals surface area (Å²) in [6.45, 7) is 5.93. The van der Waals surface area contributed by atoms with Gasteiger partial charge in [-0.15, -0.1) is 0 Å². The molecule has 0 radical (unpaired) electrons. The summed E-state index contributed by atoms with van der Waals surface area (Å²) >= 11 is 0. The number of para-hydroxylation sites is 1. The van der Waals surface area contributed by atoms with E-state index in [2.05, 4.69) is 0 Å². The number of carbonyl (C=O) groups is 1. The first-order valence-corrected chi connectivity index (χ1v) is 12.8. The number of halogens is 3. The third-order valence-electron chi connectivity index (χ3n) is 5.95. The van der Waals surface area contributed by atoms with Gasteiger partial charge in [0.25, 0.3) is 0 Å². The van der Waals surface area contributed by atoms with Gasteiger partial charge in [-0.3, -0.25) is 4.79 Å². The van der Waals surface area contributed by atoms with Crippen LogP contribution in [0.15, 0.2) is 84.9 Å². The predicted molar refractivity (Wildman–Crippen MR) is 145 cm³/mol. The number of alkyl halides is 3. The van der Waals surface area contributed by atoms with Gasteiger partial charge in [0, 0.05) is 12.5 Å². The van der Waals surface area contributed by atoms with Crippen LogP contribution >= 0.6 is 0 Å². The third-order valence-corrected chi connectivity index (χ3v) is 5.95. The highest BCUT2D eigenvalue weighted by Gasteiger charge is 2.31. The fourth-order valence-corrected chi connectivity index (χ4v) is 4.04. The number of ether oxygens (including phenoxy) is 4. The SMILES string of the molecule is CCOC(=O)CCc1ccc(Oc2cc(C)cc(Oc3ccc(C(F)(F)F)cc3Oc3ccccc3)c2)cc1C. The van der Waals surface area contributed by atoms with Crippen molar-refractivity contribution in [1.82, 2.24) is 0 Å². The largest absolute Gasteiger partial charge is 0.466 e. The van der Waals surface area contributed by atoms with Crippen LogP contribution in [0.2, 0.25) is 0 Å². The van der Waals surface area contributed by atoms with Crippen molar-refractivity contribution in [2.75, 3.05) is 6.61 Å². The first kappa shape index (κ1) is 28.5. The maximum absolute atomic E-state index is 13.4. The molecule has 5 nitrogen and oxygen atoms in total. The van der Waals surface area contributed by atoms with E-state index < -0.39 is 11.7 Å². The number of hydrogen-bond donors (Lipinski definition) is 0. The van der Waals surface area contributed by atoms with Crippen molar-refractivity contribution >= 4 is 5.97 Å². The van der Waals surface area contributed by atoms with Crippen LogP contribution < -0.4 is 14.2 Å². The van der Waals surface area contributed by atoms with Crippen molar-refractivity contribution in [3.05, 3.63) is 107 Å². The summed E-state index contributed by atoms with van der Waals surface area (Å²) in [5.74, 6) is 1.65. The molecule has 208 valence electrons. The molecule has 0 aliphatic rings. The highest BCUT2D eigenvalue weighted by Crippen LogP contribution is 2.41. The monoisotopic (exact) mass is 550 g/mol. The van der Waals surface area contributed by atoms with Crippen LogP contribution in [0.25, 0.3) is 0 Å². The molecule has 4 rings (SSSR count). The second kappa shape index (κ2) is 12.6. The summed E-state index contributed by atoms with van der Waals surface area (Å²) in [5, 5.41) is 0. The van der Waals surface area contributed by atoms with Crippen LogP contribution in [0.4, 0.5) is 13.2 Å². The summed E-state index contributed by atoms with van der Waals surface area (Å²) in [7, 11) is 0. The molecule has 0 heterocycles. The van der Waals surface area contributed by atoms with Gasteiger partial charge in [0.15, 0.2) is 11.5 Å². The number of aryl methyl sites for hydroxylation is 3. The Morgan fingerprint density at radius 2 is 1.43 bits per heavy atom. The quantitative estimate of drug-likeness (QED) is 0.184. The zero-order valence-corrected chi connectivity index (χ0v) is 22.4. The summed E-state index contributed by atoms with van der Waals surface area (Å²) in [5.41, 5.74) is 1.97. The minimum atomic E-state index is -4.54. The Morgan fingerprint density at radius 3 is 2.10 bits per heavy atom. The Bertz CT molecular complexity index is 1470. The van der Waals surface area contributed by atoms with E-state index in [4.69, 9.17) is 18.9 Å². The van der Waals surface area contributed by atoms with Gasteiger partial charge in [0.2, 0.25) is 0 Å². The van der Waals surface area contributed by atoms with Crippen LogP contribution in [0, 0.1) is 13.8 Å². The molecule has 0 unspecified atom stereocenters. The second-order valence-electron chi connectivity index (χ2n) is 9.15. The lowest BCUT2D eigenvalue weighted by Crippen LogP contribution is -2.05. The predicted octanol–water partition coefficient (Wildman–Crippen LogP) is 9.19. The normalized spacial score (nSPS) is 11.2. The molecule has 0 saturated heterocycles. The Kier molecular flexibility index (Phi) is 8.99. The number of esters is 1. The molecule has 4 aromatic rings. The van der Waals surface area contributed by atoms with Crippen LogP contribution in [0.3, 0.4) is 0 Å². The number of carbonyl (C=O) groups excluding carboxylic acids is 1. The van der Waals surface area contributed by atoms with Gasteiger partial charge in [-0.25, -0.2) is 0 Å². The molecule has 0 aliphatic heterocycles. The zero-order valence-electron chi connectivity index (χ0n) is 22.4. The summed E-state index contributed by atoms with van der Waals surface area (Å²) in [6, 6.07) is 22.5. The van der Waals surface area contributed by atoms with Crippen molar-refractivity contribution in [3.8, 4) is 34.5 Å². The van der Waals surface area contributed by atoms with Gasteiger partial charge < -0.3 is 18.9 Å². The van der Waals surface area contributed by atoms with E-state index in [-0.39, 0.29) is 17.5 Å². The van der Waals surface area contributed by atoms with Crippen molar-refractivity contribution in [2.24, 2.45) is 0 Å². The minimum absolute atomic E-state index is 0.0703. The fraction of sp³-hybridized carbons (Fsp3) is 0.219. The van der Waals surface area contributed by atoms with E-state index in [1.54, 1.807) is 49.4 Å². The fourth-order valence-electron chi connectivity index (χ4n) is 4.04. The van der Waals surface area contributed by atoms with Crippen molar-refractivity contribution < 1.29 is 36.9 Å². The molecule has 0 aromatic heterocycles. The lowest BCUT2D eigenvalue weighted by molar-refractivity contribution is -0.143. The molecular formula is C32H29F3O5. The van der Waals surface area contributed by atoms with Crippen molar-refractivity contribution in [3.63, 3.8) is 0 Å². The van der Waals surface area contributed by atoms with E-state index in [1.807, 2.05) is 38.1 Å². The smallest absolute Gasteiger partial charge is 0.416 e. The molecule has 8 heteroatoms. The van der Waals surface area contributed by atoms with Crippen LogP contribution in [0.1, 0.15) is 35.6 Å². The van der Waals surface area contributed by atoms with Crippen molar-refractivity contribution in [2.45, 2.75) is 39.8 Å². The third kappa shape index (κ3) is 7.79. The topological polar surface area (TPSA) is 54.0 Å². The Morgan fingerprint density at radius 1 is 0.725 bits per heavy atom. The number of benzene rings is 4. The van der Waals surface area contributed by atoms with E-state index in [1.165, 1.54) is 6.07 Å². The number of hydrogen-bond acceptors (Lipinski definition) is 5. The molecule has 40 heavy (non-hydrogen) atoms. The van der Waals surface area contributed by atoms with E-state index >= 15 is 0 Å². The standard InChI is InChI=1S/C32H29F3O5/c1-4-37-31(36)15-11-23-10-13-26(18-22(23)3)38-27-16-21(2)17-28(20-27)40-29-14-12-24(32(33,34)35)19-30(29)39-25-8-6-5-7-9-25/h5-10,12-14,16-20H,4,11,15H2,1-3H3. The van der Waals surface area contributed by atoms with E-state index in [0.717, 1.165) is 28.8 Å². The summed E-state index contributed by atoms with van der Waals surface area (Å²) in [6.07, 6.45) is -3.68. The molecule has 0 spiro atoms. The van der Waals surface area contributed by atoms with Gasteiger partial charge in [-0.05, 0) is 98.5 Å². The average molecular weight is 551 g/mol. The van der Waals surface area contributed by atoms with Gasteiger partial charge in [0.05, 0.1) is 12.2 Å². The van der Waals surface area contributed by atoms with Crippen LogP contribution in [0.5, 0.6) is 34.5 Å². The molecule has 0 saturated carbocycles. The van der Waals surface area contributed by atoms with Crippen molar-refractivity contribution in [1.29, 1.82) is 0 Å². The zero-order chi connectivity index (χ0) is 28.7. The molecule has 0 amide bonds. The first-order valence-electron chi connectivity index (χ1n) is 12.8. The average Bonchev–Trinajstić information content (AvgIpc) is 2.89. The van der Waals surface area contributed by atoms with E-state index in [0.29, 0.717) is 42.4 Å². The highest BCUT2D eigenvalue weighted by atomic mass is 19.4. The van der Waals surface area contributed by atoms with Gasteiger partial charge in [-0.2, -0.15) is 13.2 Å². The minimum Gasteiger partial charge on any atom is -0.466 e. The second-order valence-corrected chi connectivity index (χ2v) is 9.15. The molecule has 0 bridgehead atoms. The Balaban J connectivity index is 1.54. The maximum Gasteiger partial charge on any atom is 0.416 e. The van der Waals surface area contributed by atoms with Gasteiger partial charge in [-0.1, -0.05) is 24.3 Å². The lowest BCUT2D eigenvalue weighted by atomic mass is 10.0. The molecule has 0 N–H and O–H groups in total. The van der Waals surface area contributed by atoms with Crippen LogP contribution in [-0.2, 0) is 22.1 Å².